The normalized spacial score (nSPS) is 32.4. The van der Waals surface area contributed by atoms with E-state index in [0.717, 1.165) is 32.6 Å². The van der Waals surface area contributed by atoms with Crippen LogP contribution in [0.15, 0.2) is 12.8 Å². The number of nitrogens with zero attached hydrogens (tertiary/aromatic N) is 2. The van der Waals surface area contributed by atoms with Crippen molar-refractivity contribution in [3.63, 3.8) is 0 Å². The first kappa shape index (κ1) is 9.99. The Morgan fingerprint density at radius 3 is 2.79 bits per heavy atom. The van der Waals surface area contributed by atoms with E-state index >= 15 is 0 Å². The summed E-state index contributed by atoms with van der Waals surface area (Å²) in [4.78, 5) is 4.40. The minimum absolute atomic E-state index is 0.420. The van der Waals surface area contributed by atoms with Gasteiger partial charge in [0.05, 0.1) is 5.60 Å². The van der Waals surface area contributed by atoms with Gasteiger partial charge in [-0.05, 0) is 26.1 Å². The fraction of sp³-hybridized carbons (Fsp3) is 0.818. The van der Waals surface area contributed by atoms with E-state index in [2.05, 4.69) is 23.4 Å². The monoisotopic (exact) mass is 196 g/mol. The van der Waals surface area contributed by atoms with E-state index in [1.807, 2.05) is 6.20 Å². The lowest BCUT2D eigenvalue weighted by Gasteiger charge is -2.51. The number of likely N-dealkylation sites (tertiary alicyclic amines) is 2. The Morgan fingerprint density at radius 1 is 1.50 bits per heavy atom. The van der Waals surface area contributed by atoms with E-state index in [-0.39, 0.29) is 0 Å². The largest absolute Gasteiger partial charge is 0.387 e. The molecule has 1 atom stereocenters. The maximum absolute atomic E-state index is 10.3. The van der Waals surface area contributed by atoms with Gasteiger partial charge in [-0.25, -0.2) is 0 Å². The van der Waals surface area contributed by atoms with Crippen LogP contribution >= 0.6 is 0 Å². The zero-order chi connectivity index (χ0) is 10.2. The number of β-amino-alcohol motifs (C(OH)–C–C–N with tert-alkyl or cyclic N) is 1. The number of piperidine rings is 1. The van der Waals surface area contributed by atoms with E-state index in [9.17, 15) is 5.11 Å². The Hall–Kier alpha value is -0.540. The first-order valence-corrected chi connectivity index (χ1v) is 5.41. The van der Waals surface area contributed by atoms with Crippen molar-refractivity contribution >= 4 is 0 Å². The van der Waals surface area contributed by atoms with Crippen LogP contribution in [0.5, 0.6) is 0 Å². The van der Waals surface area contributed by atoms with Gasteiger partial charge in [0.15, 0.2) is 0 Å². The molecule has 80 valence electrons. The highest BCUT2D eigenvalue weighted by atomic mass is 16.3. The van der Waals surface area contributed by atoms with Crippen LogP contribution in [0.25, 0.3) is 0 Å². The summed E-state index contributed by atoms with van der Waals surface area (Å²) in [6.07, 6.45) is 4.25. The minimum Gasteiger partial charge on any atom is -0.387 e. The van der Waals surface area contributed by atoms with Crippen molar-refractivity contribution in [2.24, 2.45) is 5.92 Å². The molecule has 2 aliphatic rings. The van der Waals surface area contributed by atoms with Crippen LogP contribution in [0.1, 0.15) is 12.8 Å². The Bertz CT molecular complexity index is 223. The van der Waals surface area contributed by atoms with E-state index < -0.39 is 5.60 Å². The second-order valence-electron chi connectivity index (χ2n) is 4.79. The topological polar surface area (TPSA) is 26.7 Å². The molecule has 0 aromatic heterocycles. The molecule has 2 aliphatic heterocycles. The summed E-state index contributed by atoms with van der Waals surface area (Å²) in [5, 5.41) is 10.3. The molecule has 0 amide bonds. The molecule has 0 aromatic rings. The Kier molecular flexibility index (Phi) is 2.54. The van der Waals surface area contributed by atoms with Crippen molar-refractivity contribution in [2.45, 2.75) is 18.4 Å². The maximum Gasteiger partial charge on any atom is 0.0944 e. The van der Waals surface area contributed by atoms with Gasteiger partial charge < -0.3 is 14.9 Å². The number of aliphatic hydroxyl groups is 1. The Labute approximate surface area is 86.0 Å². The van der Waals surface area contributed by atoms with Gasteiger partial charge in [0.2, 0.25) is 0 Å². The van der Waals surface area contributed by atoms with Crippen molar-refractivity contribution in [2.75, 3.05) is 33.2 Å². The van der Waals surface area contributed by atoms with Crippen molar-refractivity contribution in [1.29, 1.82) is 0 Å². The smallest absolute Gasteiger partial charge is 0.0944 e. The van der Waals surface area contributed by atoms with Crippen LogP contribution in [0.2, 0.25) is 0 Å². The zero-order valence-electron chi connectivity index (χ0n) is 8.95. The molecule has 2 rings (SSSR count). The molecule has 0 saturated carbocycles. The molecule has 3 nitrogen and oxygen atoms in total. The second kappa shape index (κ2) is 3.55. The molecule has 2 heterocycles. The van der Waals surface area contributed by atoms with Crippen molar-refractivity contribution < 1.29 is 5.11 Å². The molecule has 0 bridgehead atoms. The molecular weight excluding hydrogens is 176 g/mol. The quantitative estimate of drug-likeness (QED) is 0.697. The molecule has 2 saturated heterocycles. The predicted molar refractivity (Wildman–Crippen MR) is 56.9 cm³/mol. The van der Waals surface area contributed by atoms with Crippen LogP contribution in [0.4, 0.5) is 0 Å². The minimum atomic E-state index is -0.420. The average Bonchev–Trinajstić information content (AvgIpc) is 2.16. The van der Waals surface area contributed by atoms with Crippen LogP contribution in [0.3, 0.4) is 0 Å². The molecule has 0 radical (unpaired) electrons. The number of hydrogen-bond acceptors (Lipinski definition) is 3. The van der Waals surface area contributed by atoms with E-state index in [1.54, 1.807) is 0 Å². The van der Waals surface area contributed by atoms with Gasteiger partial charge in [0.25, 0.3) is 0 Å². The summed E-state index contributed by atoms with van der Waals surface area (Å²) >= 11 is 0. The molecule has 0 aromatic carbocycles. The van der Waals surface area contributed by atoms with E-state index in [4.69, 9.17) is 0 Å². The van der Waals surface area contributed by atoms with Crippen LogP contribution in [0, 0.1) is 5.92 Å². The first-order valence-electron chi connectivity index (χ1n) is 5.41. The highest BCUT2D eigenvalue weighted by Crippen LogP contribution is 2.33. The fourth-order valence-electron chi connectivity index (χ4n) is 2.76. The molecular formula is C11H20N2O. The third kappa shape index (κ3) is 1.66. The van der Waals surface area contributed by atoms with Crippen molar-refractivity contribution in [3.05, 3.63) is 12.8 Å². The third-order valence-corrected chi connectivity index (χ3v) is 3.56. The van der Waals surface area contributed by atoms with Gasteiger partial charge in [-0.3, -0.25) is 0 Å². The number of hydrogen-bond donors (Lipinski definition) is 1. The lowest BCUT2D eigenvalue weighted by molar-refractivity contribution is -0.137. The van der Waals surface area contributed by atoms with Gasteiger partial charge in [-0.15, -0.1) is 0 Å². The summed E-state index contributed by atoms with van der Waals surface area (Å²) in [5.41, 5.74) is -0.420. The SMILES string of the molecule is C=CN1CCC[C@@H](C2(O)CN(C)C2)C1. The van der Waals surface area contributed by atoms with Crippen LogP contribution in [-0.2, 0) is 0 Å². The molecule has 14 heavy (non-hydrogen) atoms. The molecule has 2 fully saturated rings. The number of likely N-dealkylation sites (N-methyl/N-ethyl adjacent to an activating group) is 1. The third-order valence-electron chi connectivity index (χ3n) is 3.56. The molecule has 1 N–H and O–H groups in total. The van der Waals surface area contributed by atoms with Gasteiger partial charge in [0.1, 0.15) is 0 Å². The molecule has 0 spiro atoms. The lowest BCUT2D eigenvalue weighted by atomic mass is 9.77. The fourth-order valence-corrected chi connectivity index (χ4v) is 2.76. The average molecular weight is 196 g/mol. The van der Waals surface area contributed by atoms with Gasteiger partial charge >= 0.3 is 0 Å². The summed E-state index contributed by atoms with van der Waals surface area (Å²) in [5.74, 6) is 0.436. The predicted octanol–water partition coefficient (Wildman–Crippen LogP) is 0.518. The lowest BCUT2D eigenvalue weighted by Crippen LogP contribution is -2.66. The van der Waals surface area contributed by atoms with Crippen molar-refractivity contribution in [3.8, 4) is 0 Å². The second-order valence-corrected chi connectivity index (χ2v) is 4.79. The summed E-state index contributed by atoms with van der Waals surface area (Å²) in [7, 11) is 2.06. The highest BCUT2D eigenvalue weighted by molar-refractivity contribution is 5.01. The van der Waals surface area contributed by atoms with Crippen LogP contribution in [-0.4, -0.2) is 53.7 Å². The summed E-state index contributed by atoms with van der Waals surface area (Å²) in [6.45, 7) is 7.55. The molecule has 0 unspecified atom stereocenters. The maximum atomic E-state index is 10.3. The van der Waals surface area contributed by atoms with Gasteiger partial charge in [-0.1, -0.05) is 6.58 Å². The van der Waals surface area contributed by atoms with E-state index in [0.29, 0.717) is 5.92 Å². The first-order chi connectivity index (χ1) is 6.64. The van der Waals surface area contributed by atoms with Crippen LogP contribution < -0.4 is 0 Å². The molecule has 0 aliphatic carbocycles. The number of rotatable bonds is 2. The summed E-state index contributed by atoms with van der Waals surface area (Å²) < 4.78 is 0. The molecule has 3 heteroatoms. The van der Waals surface area contributed by atoms with Crippen molar-refractivity contribution in [1.82, 2.24) is 9.80 Å². The van der Waals surface area contributed by atoms with Gasteiger partial charge in [-0.2, -0.15) is 0 Å². The van der Waals surface area contributed by atoms with Gasteiger partial charge in [0, 0.05) is 32.1 Å². The summed E-state index contributed by atoms with van der Waals surface area (Å²) in [6, 6.07) is 0. The Balaban J connectivity index is 1.94. The highest BCUT2D eigenvalue weighted by Gasteiger charge is 2.46. The standard InChI is InChI=1S/C11H20N2O/c1-3-13-6-4-5-10(7-13)11(14)8-12(2)9-11/h3,10,14H,1,4-9H2,2H3/t10-/m1/s1. The Morgan fingerprint density at radius 2 is 2.21 bits per heavy atom. The zero-order valence-corrected chi connectivity index (χ0v) is 8.95. The van der Waals surface area contributed by atoms with E-state index in [1.165, 1.54) is 6.42 Å².